The summed E-state index contributed by atoms with van der Waals surface area (Å²) in [4.78, 5) is 11.4. The van der Waals surface area contributed by atoms with E-state index in [1.807, 2.05) is 30.9 Å². The number of rotatable bonds is 6. The van der Waals surface area contributed by atoms with Crippen molar-refractivity contribution in [3.05, 3.63) is 71.7 Å². The zero-order valence-electron chi connectivity index (χ0n) is 18.1. The molecule has 1 aliphatic rings. The Hall–Kier alpha value is -3.04. The molecule has 2 heterocycles. The Kier molecular flexibility index (Phi) is 6.38. The van der Waals surface area contributed by atoms with Crippen LogP contribution in [0.15, 0.2) is 59.5 Å². The van der Waals surface area contributed by atoms with Crippen molar-refractivity contribution in [3.8, 4) is 0 Å². The molecule has 3 aromatic rings. The van der Waals surface area contributed by atoms with Crippen molar-refractivity contribution in [1.29, 1.82) is 0 Å². The maximum Gasteiger partial charge on any atom is 0.243 e. The Labute approximate surface area is 188 Å². The highest BCUT2D eigenvalue weighted by molar-refractivity contribution is 7.89. The summed E-state index contributed by atoms with van der Waals surface area (Å²) in [5.74, 6) is 0.842. The summed E-state index contributed by atoms with van der Waals surface area (Å²) in [7, 11) is -3.54. The monoisotopic (exact) mass is 455 g/mol. The van der Waals surface area contributed by atoms with E-state index in [0.29, 0.717) is 42.8 Å². The van der Waals surface area contributed by atoms with Gasteiger partial charge in [-0.15, -0.1) is 0 Å². The van der Waals surface area contributed by atoms with Crippen LogP contribution in [0.4, 0.5) is 21.8 Å². The van der Waals surface area contributed by atoms with Crippen molar-refractivity contribution in [1.82, 2.24) is 14.3 Å². The first-order valence-electron chi connectivity index (χ1n) is 10.6. The number of nitrogens with zero attached hydrogens (tertiary/aromatic N) is 4. The fourth-order valence-corrected chi connectivity index (χ4v) is 5.14. The van der Waals surface area contributed by atoms with Gasteiger partial charge in [0.2, 0.25) is 16.0 Å². The third-order valence-electron chi connectivity index (χ3n) is 5.42. The molecule has 0 saturated carbocycles. The van der Waals surface area contributed by atoms with Crippen molar-refractivity contribution >= 4 is 27.5 Å². The molecule has 1 N–H and O–H groups in total. The van der Waals surface area contributed by atoms with Crippen LogP contribution in [0.3, 0.4) is 0 Å². The molecule has 9 heteroatoms. The van der Waals surface area contributed by atoms with Gasteiger partial charge in [0.15, 0.2) is 0 Å². The third kappa shape index (κ3) is 4.89. The van der Waals surface area contributed by atoms with Crippen LogP contribution in [-0.2, 0) is 16.4 Å². The number of sulfonamides is 1. The highest BCUT2D eigenvalue weighted by atomic mass is 32.2. The van der Waals surface area contributed by atoms with Gasteiger partial charge in [-0.25, -0.2) is 17.8 Å². The number of anilines is 3. The number of nitrogens with one attached hydrogen (secondary N) is 1. The summed E-state index contributed by atoms with van der Waals surface area (Å²) in [6.07, 6.45) is 0.788. The Morgan fingerprint density at radius 1 is 1.00 bits per heavy atom. The van der Waals surface area contributed by atoms with Gasteiger partial charge < -0.3 is 10.2 Å². The summed E-state index contributed by atoms with van der Waals surface area (Å²) in [6, 6.07) is 15.0. The lowest BCUT2D eigenvalue weighted by atomic mass is 10.2. The van der Waals surface area contributed by atoms with Crippen molar-refractivity contribution in [2.75, 3.05) is 36.4 Å². The van der Waals surface area contributed by atoms with Crippen molar-refractivity contribution < 1.29 is 12.8 Å². The Morgan fingerprint density at radius 3 is 2.41 bits per heavy atom. The topological polar surface area (TPSA) is 78.4 Å². The zero-order valence-corrected chi connectivity index (χ0v) is 18.9. The fourth-order valence-electron chi connectivity index (χ4n) is 3.64. The molecule has 0 spiro atoms. The summed E-state index contributed by atoms with van der Waals surface area (Å²) >= 11 is 0. The molecule has 0 atom stereocenters. The van der Waals surface area contributed by atoms with E-state index >= 15 is 0 Å². The lowest BCUT2D eigenvalue weighted by Gasteiger charge is -2.34. The SMILES string of the molecule is CCc1cccc(S(=O)(=O)N2CCN(c3nc(C)cc(Nc4ccc(F)cc4)n3)CC2)c1. The smallest absolute Gasteiger partial charge is 0.243 e. The van der Waals surface area contributed by atoms with E-state index < -0.39 is 10.0 Å². The first kappa shape index (κ1) is 22.2. The molecule has 1 fully saturated rings. The molecule has 168 valence electrons. The van der Waals surface area contributed by atoms with Crippen LogP contribution in [0, 0.1) is 12.7 Å². The van der Waals surface area contributed by atoms with Crippen LogP contribution < -0.4 is 10.2 Å². The van der Waals surface area contributed by atoms with Crippen LogP contribution in [0.1, 0.15) is 18.2 Å². The van der Waals surface area contributed by atoms with Crippen molar-refractivity contribution in [3.63, 3.8) is 0 Å². The van der Waals surface area contributed by atoms with Gasteiger partial charge in [-0.3, -0.25) is 0 Å². The maximum atomic E-state index is 13.2. The average molecular weight is 456 g/mol. The van der Waals surface area contributed by atoms with Gasteiger partial charge in [0.25, 0.3) is 0 Å². The first-order valence-corrected chi connectivity index (χ1v) is 12.0. The largest absolute Gasteiger partial charge is 0.340 e. The van der Waals surface area contributed by atoms with E-state index in [1.165, 1.54) is 16.4 Å². The number of halogens is 1. The Morgan fingerprint density at radius 2 is 1.72 bits per heavy atom. The number of aromatic nitrogens is 2. The van der Waals surface area contributed by atoms with Crippen LogP contribution in [-0.4, -0.2) is 48.9 Å². The molecule has 1 aliphatic heterocycles. The quantitative estimate of drug-likeness (QED) is 0.610. The van der Waals surface area contributed by atoms with Gasteiger partial charge in [-0.2, -0.15) is 9.29 Å². The van der Waals surface area contributed by atoms with Gasteiger partial charge in [-0.1, -0.05) is 19.1 Å². The van der Waals surface area contributed by atoms with Crippen LogP contribution in [0.25, 0.3) is 0 Å². The highest BCUT2D eigenvalue weighted by Crippen LogP contribution is 2.23. The predicted octanol–water partition coefficient (Wildman–Crippen LogP) is 3.74. The summed E-state index contributed by atoms with van der Waals surface area (Å²) < 4.78 is 40.8. The lowest BCUT2D eigenvalue weighted by Crippen LogP contribution is -2.49. The van der Waals surface area contributed by atoms with E-state index in [2.05, 4.69) is 15.3 Å². The van der Waals surface area contributed by atoms with Crippen LogP contribution in [0.2, 0.25) is 0 Å². The minimum Gasteiger partial charge on any atom is -0.340 e. The van der Waals surface area contributed by atoms with Crippen molar-refractivity contribution in [2.45, 2.75) is 25.2 Å². The summed E-state index contributed by atoms with van der Waals surface area (Å²) in [5, 5.41) is 3.17. The van der Waals surface area contributed by atoms with Crippen LogP contribution in [0.5, 0.6) is 0 Å². The molecule has 2 aromatic carbocycles. The van der Waals surface area contributed by atoms with E-state index in [-0.39, 0.29) is 5.82 Å². The molecule has 4 rings (SSSR count). The lowest BCUT2D eigenvalue weighted by molar-refractivity contribution is 0.382. The molecule has 7 nitrogen and oxygen atoms in total. The minimum atomic E-state index is -3.54. The molecule has 0 aliphatic carbocycles. The Balaban J connectivity index is 1.47. The molecule has 0 bridgehead atoms. The third-order valence-corrected chi connectivity index (χ3v) is 7.32. The summed E-state index contributed by atoms with van der Waals surface area (Å²) in [5.41, 5.74) is 2.51. The van der Waals surface area contributed by atoms with E-state index in [0.717, 1.165) is 23.4 Å². The molecule has 1 aromatic heterocycles. The number of hydrogen-bond donors (Lipinski definition) is 1. The normalized spacial score (nSPS) is 15.0. The predicted molar refractivity (Wildman–Crippen MR) is 123 cm³/mol. The summed E-state index contributed by atoms with van der Waals surface area (Å²) in [6.45, 7) is 5.58. The number of aryl methyl sites for hydroxylation is 2. The van der Waals surface area contributed by atoms with E-state index in [9.17, 15) is 12.8 Å². The molecule has 0 radical (unpaired) electrons. The second-order valence-electron chi connectivity index (χ2n) is 7.72. The van der Waals surface area contributed by atoms with Crippen LogP contribution >= 0.6 is 0 Å². The standard InChI is InChI=1S/C23H26FN5O2S/c1-3-18-5-4-6-21(16-18)32(30,31)29-13-11-28(12-14-29)23-25-17(2)15-22(27-23)26-20-9-7-19(24)8-10-20/h4-10,15-16H,3,11-14H2,1-2H3,(H,25,26,27). The van der Waals surface area contributed by atoms with Gasteiger partial charge in [0.05, 0.1) is 4.90 Å². The van der Waals surface area contributed by atoms with Gasteiger partial charge in [0, 0.05) is 43.6 Å². The van der Waals surface area contributed by atoms with Gasteiger partial charge in [0.1, 0.15) is 11.6 Å². The van der Waals surface area contributed by atoms with E-state index in [4.69, 9.17) is 0 Å². The van der Waals surface area contributed by atoms with Crippen molar-refractivity contribution in [2.24, 2.45) is 0 Å². The first-order chi connectivity index (χ1) is 15.3. The average Bonchev–Trinajstić information content (AvgIpc) is 2.80. The second kappa shape index (κ2) is 9.22. The highest BCUT2D eigenvalue weighted by Gasteiger charge is 2.29. The molecule has 0 amide bonds. The minimum absolute atomic E-state index is 0.302. The van der Waals surface area contributed by atoms with Gasteiger partial charge >= 0.3 is 0 Å². The molecule has 1 saturated heterocycles. The second-order valence-corrected chi connectivity index (χ2v) is 9.66. The molecular formula is C23H26FN5O2S. The number of piperazine rings is 1. The zero-order chi connectivity index (χ0) is 22.7. The maximum absolute atomic E-state index is 13.2. The molecule has 32 heavy (non-hydrogen) atoms. The van der Waals surface area contributed by atoms with E-state index in [1.54, 1.807) is 30.3 Å². The fraction of sp³-hybridized carbons (Fsp3) is 0.304. The molecular weight excluding hydrogens is 429 g/mol. The Bertz CT molecular complexity index is 1190. The molecule has 0 unspecified atom stereocenters. The van der Waals surface area contributed by atoms with Gasteiger partial charge in [-0.05, 0) is 55.3 Å². The number of benzene rings is 2. The number of hydrogen-bond acceptors (Lipinski definition) is 6.